The minimum atomic E-state index is -3.08. The van der Waals surface area contributed by atoms with Crippen molar-refractivity contribution in [2.24, 2.45) is 0 Å². The summed E-state index contributed by atoms with van der Waals surface area (Å²) in [5, 5.41) is 0. The average Bonchev–Trinajstić information content (AvgIpc) is 3.36. The van der Waals surface area contributed by atoms with Crippen LogP contribution in [0, 0.1) is 0 Å². The normalized spacial score (nSPS) is 32.4. The van der Waals surface area contributed by atoms with Crippen molar-refractivity contribution in [2.45, 2.75) is 31.0 Å². The number of hydrogen-bond donors (Lipinski definition) is 0. The Kier molecular flexibility index (Phi) is 5.54. The quantitative estimate of drug-likeness (QED) is 0.310. The van der Waals surface area contributed by atoms with Crippen molar-refractivity contribution >= 4 is 8.80 Å². The lowest BCUT2D eigenvalue weighted by Crippen LogP contribution is -2.60. The van der Waals surface area contributed by atoms with Crippen LogP contribution < -0.4 is 0 Å². The summed E-state index contributed by atoms with van der Waals surface area (Å²) < 4.78 is 38.9. The first-order chi connectivity index (χ1) is 9.68. The van der Waals surface area contributed by atoms with Crippen LogP contribution in [0.3, 0.4) is 0 Å². The van der Waals surface area contributed by atoms with Gasteiger partial charge in [0.1, 0.15) is 12.2 Å². The number of rotatable bonds is 11. The zero-order valence-corrected chi connectivity index (χ0v) is 13.5. The minimum absolute atomic E-state index is 0.130. The van der Waals surface area contributed by atoms with Crippen LogP contribution in [0.4, 0.5) is 0 Å². The maximum absolute atomic E-state index is 5.91. The topological polar surface area (TPSA) is 71.2 Å². The molecule has 0 N–H and O–H groups in total. The van der Waals surface area contributed by atoms with Crippen molar-refractivity contribution in [3.8, 4) is 0 Å². The molecule has 2 rings (SSSR count). The molecule has 0 saturated carbocycles. The Morgan fingerprint density at radius 3 is 2.30 bits per heavy atom. The van der Waals surface area contributed by atoms with E-state index < -0.39 is 14.2 Å². The molecule has 0 aromatic heterocycles. The molecule has 2 heterocycles. The van der Waals surface area contributed by atoms with E-state index in [4.69, 9.17) is 32.2 Å². The third-order valence-electron chi connectivity index (χ3n) is 3.42. The summed E-state index contributed by atoms with van der Waals surface area (Å²) >= 11 is 0. The van der Waals surface area contributed by atoms with E-state index in [9.17, 15) is 0 Å². The molecule has 0 amide bonds. The van der Waals surface area contributed by atoms with Gasteiger partial charge in [-0.1, -0.05) is 6.92 Å². The summed E-state index contributed by atoms with van der Waals surface area (Å²) in [6.07, 6.45) is 0.850. The van der Waals surface area contributed by atoms with Crippen LogP contribution in [-0.2, 0) is 32.2 Å². The van der Waals surface area contributed by atoms with Crippen molar-refractivity contribution in [1.82, 2.24) is 0 Å². The van der Waals surface area contributed by atoms with Gasteiger partial charge in [-0.25, -0.2) is 0 Å². The summed E-state index contributed by atoms with van der Waals surface area (Å²) in [7, 11) is 1.56. The zero-order valence-electron chi connectivity index (χ0n) is 12.5. The molecule has 2 aliphatic rings. The van der Waals surface area contributed by atoms with E-state index in [1.807, 2.05) is 0 Å². The van der Waals surface area contributed by atoms with Crippen molar-refractivity contribution in [3.63, 3.8) is 0 Å². The Morgan fingerprint density at radius 2 is 1.80 bits per heavy atom. The van der Waals surface area contributed by atoms with Crippen LogP contribution in [0.15, 0.2) is 0 Å². The smallest absolute Gasteiger partial charge is 0.379 e. The van der Waals surface area contributed by atoms with E-state index in [2.05, 4.69) is 6.92 Å². The van der Waals surface area contributed by atoms with E-state index in [1.165, 1.54) is 0 Å². The lowest BCUT2D eigenvalue weighted by atomic mass is 10.4. The van der Waals surface area contributed by atoms with Crippen molar-refractivity contribution in [2.75, 3.05) is 47.8 Å². The van der Waals surface area contributed by atoms with Gasteiger partial charge < -0.3 is 32.2 Å². The van der Waals surface area contributed by atoms with Crippen LogP contribution in [0.2, 0.25) is 0 Å². The van der Waals surface area contributed by atoms with Gasteiger partial charge in [0.25, 0.3) is 5.41 Å². The highest BCUT2D eigenvalue weighted by molar-refractivity contribution is 6.64. The van der Waals surface area contributed by atoms with Crippen LogP contribution in [0.25, 0.3) is 0 Å². The third-order valence-corrected chi connectivity index (χ3v) is 6.47. The largest absolute Gasteiger partial charge is 0.566 e. The van der Waals surface area contributed by atoms with E-state index in [-0.39, 0.29) is 12.2 Å². The highest BCUT2D eigenvalue weighted by Gasteiger charge is 2.78. The first kappa shape index (κ1) is 16.3. The Morgan fingerprint density at radius 1 is 1.15 bits per heavy atom. The van der Waals surface area contributed by atoms with Crippen molar-refractivity contribution < 1.29 is 32.2 Å². The Bertz CT molecular complexity index is 300. The molecule has 20 heavy (non-hydrogen) atoms. The molecule has 2 saturated heterocycles. The molecular weight excluding hydrogens is 284 g/mol. The maximum atomic E-state index is 5.91. The molecule has 0 spiro atoms. The maximum Gasteiger partial charge on any atom is 0.566 e. The van der Waals surface area contributed by atoms with Crippen LogP contribution in [0.1, 0.15) is 13.3 Å². The highest BCUT2D eigenvalue weighted by atomic mass is 28.4. The first-order valence-electron chi connectivity index (χ1n) is 6.84. The van der Waals surface area contributed by atoms with Crippen molar-refractivity contribution in [3.05, 3.63) is 0 Å². The summed E-state index contributed by atoms with van der Waals surface area (Å²) in [6.45, 7) is 4.33. The van der Waals surface area contributed by atoms with Crippen LogP contribution in [-0.4, -0.2) is 74.2 Å². The lowest BCUT2D eigenvalue weighted by Gasteiger charge is -2.30. The summed E-state index contributed by atoms with van der Waals surface area (Å²) in [6, 6.07) is 0. The molecule has 118 valence electrons. The van der Waals surface area contributed by atoms with Crippen LogP contribution >= 0.6 is 0 Å². The zero-order chi connectivity index (χ0) is 14.6. The van der Waals surface area contributed by atoms with Gasteiger partial charge in [0, 0.05) is 27.9 Å². The molecule has 0 aromatic rings. The fourth-order valence-corrected chi connectivity index (χ4v) is 4.58. The molecule has 0 aromatic carbocycles. The molecule has 2 aliphatic heterocycles. The minimum Gasteiger partial charge on any atom is -0.379 e. The molecule has 2 fully saturated rings. The van der Waals surface area contributed by atoms with Gasteiger partial charge in [-0.15, -0.1) is 0 Å². The molecular formula is C12H24O7Si. The monoisotopic (exact) mass is 308 g/mol. The molecule has 8 heteroatoms. The molecule has 0 aliphatic carbocycles. The predicted octanol–water partition coefficient (Wildman–Crippen LogP) is 0.341. The SMILES string of the molecule is CCCOCC1OC1(OCC1CO1)[Si](OC)(OC)OC. The van der Waals surface area contributed by atoms with E-state index in [1.54, 1.807) is 21.3 Å². The molecule has 3 unspecified atom stereocenters. The van der Waals surface area contributed by atoms with E-state index in [0.717, 1.165) is 6.42 Å². The number of ether oxygens (including phenoxy) is 4. The third kappa shape index (κ3) is 3.07. The summed E-state index contributed by atoms with van der Waals surface area (Å²) in [4.78, 5) is 0. The fraction of sp³-hybridized carbons (Fsp3) is 1.00. The summed E-state index contributed by atoms with van der Waals surface area (Å²) in [5.74, 6) is 0. The van der Waals surface area contributed by atoms with Gasteiger partial charge in [-0.05, 0) is 6.42 Å². The second-order valence-corrected chi connectivity index (χ2v) is 7.82. The van der Waals surface area contributed by atoms with Gasteiger partial charge >= 0.3 is 8.80 Å². The molecule has 0 radical (unpaired) electrons. The van der Waals surface area contributed by atoms with E-state index in [0.29, 0.717) is 26.4 Å². The second kappa shape index (κ2) is 6.80. The molecule has 3 atom stereocenters. The average molecular weight is 308 g/mol. The Hall–Kier alpha value is -0.0631. The molecule has 7 nitrogen and oxygen atoms in total. The Balaban J connectivity index is 2.00. The van der Waals surface area contributed by atoms with Gasteiger partial charge in [-0.3, -0.25) is 0 Å². The van der Waals surface area contributed by atoms with Gasteiger partial charge in [0.2, 0.25) is 0 Å². The van der Waals surface area contributed by atoms with E-state index >= 15 is 0 Å². The molecule has 0 bridgehead atoms. The first-order valence-corrected chi connectivity index (χ1v) is 8.57. The Labute approximate surface area is 120 Å². The van der Waals surface area contributed by atoms with Crippen LogP contribution in [0.5, 0.6) is 0 Å². The van der Waals surface area contributed by atoms with Crippen molar-refractivity contribution in [1.29, 1.82) is 0 Å². The number of epoxide rings is 2. The lowest BCUT2D eigenvalue weighted by molar-refractivity contribution is -0.0599. The fourth-order valence-electron chi connectivity index (χ4n) is 2.20. The summed E-state index contributed by atoms with van der Waals surface area (Å²) in [5.41, 5.74) is -0.981. The van der Waals surface area contributed by atoms with Gasteiger partial charge in [0.05, 0.1) is 19.8 Å². The standard InChI is InChI=1S/C12H24O7Si/c1-5-6-16-9-11-12(19-11,18-8-10-7-17-10)20(13-2,14-3)15-4/h10-11H,5-9H2,1-4H3. The van der Waals surface area contributed by atoms with Gasteiger partial charge in [0.15, 0.2) is 0 Å². The second-order valence-electron chi connectivity index (χ2n) is 4.78. The number of hydrogen-bond acceptors (Lipinski definition) is 7. The highest BCUT2D eigenvalue weighted by Crippen LogP contribution is 2.47. The predicted molar refractivity (Wildman–Crippen MR) is 71.2 cm³/mol. The van der Waals surface area contributed by atoms with Gasteiger partial charge in [-0.2, -0.15) is 0 Å².